The molecule has 0 aliphatic carbocycles. The van der Waals surface area contributed by atoms with Gasteiger partial charge in [-0.1, -0.05) is 0 Å². The lowest BCUT2D eigenvalue weighted by atomic mass is 10.0. The number of anilines is 1. The Kier molecular flexibility index (Phi) is 3.25. The zero-order valence-electron chi connectivity index (χ0n) is 10.4. The van der Waals surface area contributed by atoms with Gasteiger partial charge in [0.25, 0.3) is 0 Å². The van der Waals surface area contributed by atoms with Gasteiger partial charge in [-0.25, -0.2) is 9.18 Å². The lowest BCUT2D eigenvalue weighted by Crippen LogP contribution is -2.47. The highest BCUT2D eigenvalue weighted by molar-refractivity contribution is 5.66. The summed E-state index contributed by atoms with van der Waals surface area (Å²) in [6, 6.07) is 1.90. The van der Waals surface area contributed by atoms with Crippen molar-refractivity contribution in [3.63, 3.8) is 0 Å². The minimum absolute atomic E-state index is 0.152. The number of halogens is 1. The van der Waals surface area contributed by atoms with Crippen molar-refractivity contribution >= 4 is 11.8 Å². The van der Waals surface area contributed by atoms with Crippen molar-refractivity contribution in [1.29, 1.82) is 5.26 Å². The molecule has 0 spiro atoms. The van der Waals surface area contributed by atoms with Crippen molar-refractivity contribution in [3.8, 4) is 6.07 Å². The summed E-state index contributed by atoms with van der Waals surface area (Å²) in [6.45, 7) is 2.55. The molecular weight excluding hydrogens is 251 g/mol. The molecule has 19 heavy (non-hydrogen) atoms. The van der Waals surface area contributed by atoms with Crippen LogP contribution >= 0.6 is 0 Å². The van der Waals surface area contributed by atoms with Crippen LogP contribution in [0.1, 0.15) is 18.9 Å². The summed E-state index contributed by atoms with van der Waals surface area (Å²) >= 11 is 0. The second-order valence-corrected chi connectivity index (χ2v) is 4.79. The molecule has 0 radical (unpaired) electrons. The van der Waals surface area contributed by atoms with Crippen molar-refractivity contribution in [2.75, 3.05) is 18.0 Å². The highest BCUT2D eigenvalue weighted by atomic mass is 19.1. The molecule has 6 nitrogen and oxygen atoms in total. The number of aromatic nitrogens is 1. The van der Waals surface area contributed by atoms with Gasteiger partial charge in [-0.05, 0) is 13.3 Å². The SMILES string of the molecule is CC1(NC(=O)O)CCN(c2c(F)cncc2C#N)C1. The van der Waals surface area contributed by atoms with Crippen LogP contribution in [0.2, 0.25) is 0 Å². The van der Waals surface area contributed by atoms with E-state index < -0.39 is 17.4 Å². The topological polar surface area (TPSA) is 89.2 Å². The maximum Gasteiger partial charge on any atom is 0.405 e. The summed E-state index contributed by atoms with van der Waals surface area (Å²) < 4.78 is 13.8. The van der Waals surface area contributed by atoms with Gasteiger partial charge in [0.05, 0.1) is 23.0 Å². The Morgan fingerprint density at radius 1 is 1.68 bits per heavy atom. The Hall–Kier alpha value is -2.36. The van der Waals surface area contributed by atoms with E-state index in [1.165, 1.54) is 6.20 Å². The van der Waals surface area contributed by atoms with Crippen LogP contribution in [0.25, 0.3) is 0 Å². The van der Waals surface area contributed by atoms with E-state index in [2.05, 4.69) is 10.3 Å². The Morgan fingerprint density at radius 3 is 3.05 bits per heavy atom. The highest BCUT2D eigenvalue weighted by Gasteiger charge is 2.37. The van der Waals surface area contributed by atoms with E-state index in [1.807, 2.05) is 6.07 Å². The molecule has 2 rings (SSSR count). The third-order valence-corrected chi connectivity index (χ3v) is 3.19. The number of carboxylic acid groups (broad SMARTS) is 1. The number of pyridine rings is 1. The maximum absolute atomic E-state index is 13.8. The van der Waals surface area contributed by atoms with Gasteiger partial charge in [0.15, 0.2) is 5.82 Å². The average molecular weight is 264 g/mol. The standard InChI is InChI=1S/C12H13FN4O2/c1-12(16-11(18)19)2-3-17(7-12)10-8(4-14)5-15-6-9(10)13/h5-6,16H,2-3,7H2,1H3,(H,18,19). The number of nitrogens with zero attached hydrogens (tertiary/aromatic N) is 3. The van der Waals surface area contributed by atoms with Crippen molar-refractivity contribution in [3.05, 3.63) is 23.8 Å². The van der Waals surface area contributed by atoms with Crippen LogP contribution in [0.5, 0.6) is 0 Å². The third-order valence-electron chi connectivity index (χ3n) is 3.19. The molecule has 1 saturated heterocycles. The number of rotatable bonds is 2. The fourth-order valence-electron chi connectivity index (χ4n) is 2.34. The zero-order valence-corrected chi connectivity index (χ0v) is 10.4. The first kappa shape index (κ1) is 13.1. The smallest absolute Gasteiger partial charge is 0.405 e. The molecule has 1 aromatic heterocycles. The molecule has 1 aliphatic heterocycles. The second kappa shape index (κ2) is 4.72. The summed E-state index contributed by atoms with van der Waals surface area (Å²) in [7, 11) is 0. The molecule has 1 aliphatic rings. The number of nitrogens with one attached hydrogen (secondary N) is 1. The van der Waals surface area contributed by atoms with Gasteiger partial charge in [0, 0.05) is 19.3 Å². The van der Waals surface area contributed by atoms with Gasteiger partial charge >= 0.3 is 6.09 Å². The predicted octanol–water partition coefficient (Wildman–Crippen LogP) is 1.33. The van der Waals surface area contributed by atoms with Gasteiger partial charge in [0.2, 0.25) is 0 Å². The normalized spacial score (nSPS) is 22.1. The van der Waals surface area contributed by atoms with E-state index in [0.29, 0.717) is 19.5 Å². The summed E-state index contributed by atoms with van der Waals surface area (Å²) in [5.41, 5.74) is -0.304. The Morgan fingerprint density at radius 2 is 2.42 bits per heavy atom. The molecule has 1 unspecified atom stereocenters. The van der Waals surface area contributed by atoms with Gasteiger partial charge in [-0.2, -0.15) is 5.26 Å². The zero-order chi connectivity index (χ0) is 14.0. The molecule has 7 heteroatoms. The number of carbonyl (C=O) groups is 1. The van der Waals surface area contributed by atoms with Crippen LogP contribution in [-0.2, 0) is 0 Å². The number of nitriles is 1. The van der Waals surface area contributed by atoms with E-state index in [-0.39, 0.29) is 11.3 Å². The molecular formula is C12H13FN4O2. The lowest BCUT2D eigenvalue weighted by Gasteiger charge is -2.25. The summed E-state index contributed by atoms with van der Waals surface area (Å²) in [6.07, 6.45) is 1.79. The Balaban J connectivity index is 2.27. The minimum atomic E-state index is -1.11. The number of hydrogen-bond donors (Lipinski definition) is 2. The molecule has 1 atom stereocenters. The Labute approximate surface area is 109 Å². The molecule has 2 heterocycles. The second-order valence-electron chi connectivity index (χ2n) is 4.79. The first-order chi connectivity index (χ1) is 8.95. The van der Waals surface area contributed by atoms with Crippen LogP contribution in [0.3, 0.4) is 0 Å². The van der Waals surface area contributed by atoms with Gasteiger partial charge < -0.3 is 15.3 Å². The Bertz CT molecular complexity index is 557. The number of amides is 1. The van der Waals surface area contributed by atoms with Crippen LogP contribution in [0.4, 0.5) is 14.9 Å². The fourth-order valence-corrected chi connectivity index (χ4v) is 2.34. The minimum Gasteiger partial charge on any atom is -0.465 e. The van der Waals surface area contributed by atoms with Crippen molar-refractivity contribution in [1.82, 2.24) is 10.3 Å². The van der Waals surface area contributed by atoms with Crippen molar-refractivity contribution in [2.45, 2.75) is 18.9 Å². The monoisotopic (exact) mass is 264 g/mol. The summed E-state index contributed by atoms with van der Waals surface area (Å²) in [5.74, 6) is -0.571. The largest absolute Gasteiger partial charge is 0.465 e. The van der Waals surface area contributed by atoms with Crippen LogP contribution in [-0.4, -0.2) is 34.8 Å². The fraction of sp³-hybridized carbons (Fsp3) is 0.417. The molecule has 0 bridgehead atoms. The van der Waals surface area contributed by atoms with E-state index in [1.54, 1.807) is 11.8 Å². The molecule has 100 valence electrons. The number of hydrogen-bond acceptors (Lipinski definition) is 4. The van der Waals surface area contributed by atoms with Gasteiger partial charge in [0.1, 0.15) is 6.07 Å². The van der Waals surface area contributed by atoms with Crippen LogP contribution in [0.15, 0.2) is 12.4 Å². The first-order valence-corrected chi connectivity index (χ1v) is 5.75. The van der Waals surface area contributed by atoms with E-state index in [4.69, 9.17) is 10.4 Å². The van der Waals surface area contributed by atoms with Crippen molar-refractivity contribution in [2.24, 2.45) is 0 Å². The summed E-state index contributed by atoms with van der Waals surface area (Å²) in [5, 5.41) is 20.2. The average Bonchev–Trinajstić information content (AvgIpc) is 2.69. The molecule has 1 fully saturated rings. The lowest BCUT2D eigenvalue weighted by molar-refractivity contribution is 0.182. The highest BCUT2D eigenvalue weighted by Crippen LogP contribution is 2.30. The molecule has 1 amide bonds. The summed E-state index contributed by atoms with van der Waals surface area (Å²) in [4.78, 5) is 16.0. The van der Waals surface area contributed by atoms with E-state index >= 15 is 0 Å². The third kappa shape index (κ3) is 2.57. The van der Waals surface area contributed by atoms with E-state index in [0.717, 1.165) is 6.20 Å². The molecule has 0 saturated carbocycles. The molecule has 0 aromatic carbocycles. The van der Waals surface area contributed by atoms with E-state index in [9.17, 15) is 9.18 Å². The predicted molar refractivity (Wildman–Crippen MR) is 65.3 cm³/mol. The molecule has 1 aromatic rings. The van der Waals surface area contributed by atoms with Crippen molar-refractivity contribution < 1.29 is 14.3 Å². The maximum atomic E-state index is 13.8. The van der Waals surface area contributed by atoms with Crippen LogP contribution < -0.4 is 10.2 Å². The quantitative estimate of drug-likeness (QED) is 0.841. The molecule has 2 N–H and O–H groups in total. The van der Waals surface area contributed by atoms with Gasteiger partial charge in [-0.3, -0.25) is 4.98 Å². The van der Waals surface area contributed by atoms with Gasteiger partial charge in [-0.15, -0.1) is 0 Å². The first-order valence-electron chi connectivity index (χ1n) is 5.75. The van der Waals surface area contributed by atoms with Crippen LogP contribution in [0, 0.1) is 17.1 Å².